The maximum absolute atomic E-state index is 12.6. The minimum Gasteiger partial charge on any atom is -0.321 e. The molecule has 0 radical (unpaired) electrons. The number of amides is 1. The van der Waals surface area contributed by atoms with E-state index in [-0.39, 0.29) is 5.91 Å². The van der Waals surface area contributed by atoms with Crippen LogP contribution >= 0.6 is 0 Å². The molecular weight excluding hydrogens is 231 g/mol. The van der Waals surface area contributed by atoms with Crippen molar-refractivity contribution in [2.45, 2.75) is 13.8 Å². The quantitative estimate of drug-likeness (QED) is 0.825. The van der Waals surface area contributed by atoms with Gasteiger partial charge in [0.15, 0.2) is 0 Å². The Kier molecular flexibility index (Phi) is 3.37. The maximum atomic E-state index is 12.6. The molecule has 1 aromatic carbocycles. The lowest BCUT2D eigenvalue weighted by Crippen LogP contribution is -2.13. The Hall–Kier alpha value is -2.23. The van der Waals surface area contributed by atoms with Gasteiger partial charge in [0.05, 0.1) is 11.9 Å². The van der Waals surface area contributed by atoms with E-state index in [1.165, 1.54) is 18.3 Å². The number of benzene rings is 1. The summed E-state index contributed by atoms with van der Waals surface area (Å²) in [6.07, 6.45) is 1.29. The number of nitrogens with zero attached hydrogens (tertiary/aromatic N) is 1. The van der Waals surface area contributed by atoms with Gasteiger partial charge in [-0.2, -0.15) is 4.39 Å². The summed E-state index contributed by atoms with van der Waals surface area (Å²) in [4.78, 5) is 15.5. The average molecular weight is 244 g/mol. The monoisotopic (exact) mass is 244 g/mol. The van der Waals surface area contributed by atoms with E-state index in [1.54, 1.807) is 6.07 Å². The molecule has 0 bridgehead atoms. The Morgan fingerprint density at radius 3 is 2.61 bits per heavy atom. The number of rotatable bonds is 2. The molecule has 1 heterocycles. The standard InChI is InChI=1S/C14H13FN2O/c1-9-3-5-12(10(2)7-9)14(18)17-11-4-6-13(15)16-8-11/h3-8H,1-2H3,(H,17,18). The topological polar surface area (TPSA) is 42.0 Å². The van der Waals surface area contributed by atoms with Crippen molar-refractivity contribution >= 4 is 11.6 Å². The van der Waals surface area contributed by atoms with E-state index in [1.807, 2.05) is 26.0 Å². The highest BCUT2D eigenvalue weighted by atomic mass is 19.1. The largest absolute Gasteiger partial charge is 0.321 e. The van der Waals surface area contributed by atoms with Crippen molar-refractivity contribution in [2.24, 2.45) is 0 Å². The van der Waals surface area contributed by atoms with Crippen molar-refractivity contribution in [3.05, 3.63) is 59.2 Å². The second-order valence-electron chi connectivity index (χ2n) is 4.14. The minimum atomic E-state index is -0.570. The zero-order valence-corrected chi connectivity index (χ0v) is 10.2. The Bertz CT molecular complexity index is 579. The van der Waals surface area contributed by atoms with Crippen LogP contribution in [0.2, 0.25) is 0 Å². The van der Waals surface area contributed by atoms with Crippen molar-refractivity contribution in [1.82, 2.24) is 4.98 Å². The van der Waals surface area contributed by atoms with Crippen molar-refractivity contribution in [3.63, 3.8) is 0 Å². The van der Waals surface area contributed by atoms with Gasteiger partial charge >= 0.3 is 0 Å². The van der Waals surface area contributed by atoms with Crippen LogP contribution in [0.25, 0.3) is 0 Å². The van der Waals surface area contributed by atoms with E-state index in [9.17, 15) is 9.18 Å². The molecule has 2 rings (SSSR count). The van der Waals surface area contributed by atoms with Gasteiger partial charge in [-0.25, -0.2) is 4.98 Å². The smallest absolute Gasteiger partial charge is 0.255 e. The van der Waals surface area contributed by atoms with Crippen molar-refractivity contribution < 1.29 is 9.18 Å². The summed E-state index contributed by atoms with van der Waals surface area (Å²) in [5.41, 5.74) is 3.08. The van der Waals surface area contributed by atoms with Crippen LogP contribution in [-0.2, 0) is 0 Å². The number of anilines is 1. The summed E-state index contributed by atoms with van der Waals surface area (Å²) < 4.78 is 12.6. The lowest BCUT2D eigenvalue weighted by Gasteiger charge is -2.08. The van der Waals surface area contributed by atoms with E-state index in [0.29, 0.717) is 11.3 Å². The summed E-state index contributed by atoms with van der Waals surface area (Å²) in [6, 6.07) is 8.28. The molecule has 0 atom stereocenters. The van der Waals surface area contributed by atoms with Gasteiger partial charge in [-0.15, -0.1) is 0 Å². The molecule has 0 saturated carbocycles. The van der Waals surface area contributed by atoms with Crippen molar-refractivity contribution in [3.8, 4) is 0 Å². The number of carbonyl (C=O) groups is 1. The molecular formula is C14H13FN2O. The maximum Gasteiger partial charge on any atom is 0.255 e. The molecule has 0 saturated heterocycles. The van der Waals surface area contributed by atoms with Gasteiger partial charge in [0.25, 0.3) is 5.91 Å². The molecule has 3 nitrogen and oxygen atoms in total. The lowest BCUT2D eigenvalue weighted by molar-refractivity contribution is 0.102. The number of carbonyl (C=O) groups excluding carboxylic acids is 1. The first-order valence-corrected chi connectivity index (χ1v) is 5.56. The Morgan fingerprint density at radius 1 is 1.22 bits per heavy atom. The molecule has 1 N–H and O–H groups in total. The molecule has 2 aromatic rings. The second-order valence-corrected chi connectivity index (χ2v) is 4.14. The van der Waals surface area contributed by atoms with Crippen LogP contribution in [0.3, 0.4) is 0 Å². The van der Waals surface area contributed by atoms with E-state index >= 15 is 0 Å². The van der Waals surface area contributed by atoms with E-state index < -0.39 is 5.95 Å². The summed E-state index contributed by atoms with van der Waals surface area (Å²) in [6.45, 7) is 3.85. The van der Waals surface area contributed by atoms with Gasteiger partial charge in [-0.05, 0) is 37.6 Å². The summed E-state index contributed by atoms with van der Waals surface area (Å²) in [7, 11) is 0. The third-order valence-electron chi connectivity index (χ3n) is 2.61. The predicted octanol–water partition coefficient (Wildman–Crippen LogP) is 3.09. The molecule has 0 spiro atoms. The summed E-state index contributed by atoms with van der Waals surface area (Å²) >= 11 is 0. The second kappa shape index (κ2) is 4.96. The van der Waals surface area contributed by atoms with Crippen LogP contribution in [0, 0.1) is 19.8 Å². The van der Waals surface area contributed by atoms with Gasteiger partial charge in [0.1, 0.15) is 0 Å². The van der Waals surface area contributed by atoms with E-state index in [0.717, 1.165) is 11.1 Å². The molecule has 0 aliphatic rings. The minimum absolute atomic E-state index is 0.221. The number of hydrogen-bond acceptors (Lipinski definition) is 2. The average Bonchev–Trinajstić information content (AvgIpc) is 2.32. The first-order valence-electron chi connectivity index (χ1n) is 5.56. The van der Waals surface area contributed by atoms with Crippen LogP contribution in [0.4, 0.5) is 10.1 Å². The highest BCUT2D eigenvalue weighted by Crippen LogP contribution is 2.13. The Morgan fingerprint density at radius 2 is 2.00 bits per heavy atom. The van der Waals surface area contributed by atoms with E-state index in [4.69, 9.17) is 0 Å². The Balaban J connectivity index is 2.19. The highest BCUT2D eigenvalue weighted by molar-refractivity contribution is 6.05. The number of nitrogens with one attached hydrogen (secondary N) is 1. The fourth-order valence-corrected chi connectivity index (χ4v) is 1.72. The van der Waals surface area contributed by atoms with E-state index in [2.05, 4.69) is 10.3 Å². The van der Waals surface area contributed by atoms with Crippen LogP contribution < -0.4 is 5.32 Å². The molecule has 0 fully saturated rings. The van der Waals surface area contributed by atoms with Crippen LogP contribution in [0.5, 0.6) is 0 Å². The third kappa shape index (κ3) is 2.71. The van der Waals surface area contributed by atoms with Gasteiger partial charge in [0.2, 0.25) is 5.95 Å². The predicted molar refractivity (Wildman–Crippen MR) is 68.1 cm³/mol. The molecule has 0 aliphatic heterocycles. The summed E-state index contributed by atoms with van der Waals surface area (Å²) in [5, 5.41) is 2.68. The molecule has 1 aromatic heterocycles. The molecule has 0 unspecified atom stereocenters. The molecule has 0 aliphatic carbocycles. The fourth-order valence-electron chi connectivity index (χ4n) is 1.72. The molecule has 92 valence electrons. The number of aromatic nitrogens is 1. The van der Waals surface area contributed by atoms with Crippen LogP contribution in [0.1, 0.15) is 21.5 Å². The lowest BCUT2D eigenvalue weighted by atomic mass is 10.1. The van der Waals surface area contributed by atoms with Gasteiger partial charge in [-0.3, -0.25) is 4.79 Å². The SMILES string of the molecule is Cc1ccc(C(=O)Nc2ccc(F)nc2)c(C)c1. The molecule has 1 amide bonds. The van der Waals surface area contributed by atoms with Gasteiger partial charge in [-0.1, -0.05) is 17.7 Å². The number of pyridine rings is 1. The number of hydrogen-bond donors (Lipinski definition) is 1. The van der Waals surface area contributed by atoms with Crippen LogP contribution in [0.15, 0.2) is 36.5 Å². The van der Waals surface area contributed by atoms with Crippen molar-refractivity contribution in [2.75, 3.05) is 5.32 Å². The zero-order valence-electron chi connectivity index (χ0n) is 10.2. The highest BCUT2D eigenvalue weighted by Gasteiger charge is 2.09. The van der Waals surface area contributed by atoms with Crippen LogP contribution in [-0.4, -0.2) is 10.9 Å². The summed E-state index contributed by atoms with van der Waals surface area (Å²) in [5.74, 6) is -0.791. The third-order valence-corrected chi connectivity index (χ3v) is 2.61. The molecule has 18 heavy (non-hydrogen) atoms. The first kappa shape index (κ1) is 12.2. The Labute approximate surface area is 105 Å². The van der Waals surface area contributed by atoms with Gasteiger partial charge < -0.3 is 5.32 Å². The van der Waals surface area contributed by atoms with Gasteiger partial charge in [0, 0.05) is 5.56 Å². The number of halogens is 1. The fraction of sp³-hybridized carbons (Fsp3) is 0.143. The number of aryl methyl sites for hydroxylation is 2. The molecule has 4 heteroatoms. The normalized spacial score (nSPS) is 10.2. The first-order chi connectivity index (χ1) is 8.56. The van der Waals surface area contributed by atoms with Crippen molar-refractivity contribution in [1.29, 1.82) is 0 Å². The zero-order chi connectivity index (χ0) is 13.1.